The van der Waals surface area contributed by atoms with E-state index < -0.39 is 0 Å². The summed E-state index contributed by atoms with van der Waals surface area (Å²) in [6, 6.07) is 3.81. The summed E-state index contributed by atoms with van der Waals surface area (Å²) in [4.78, 5) is 18.0. The van der Waals surface area contributed by atoms with E-state index in [1.165, 1.54) is 34.2 Å². The van der Waals surface area contributed by atoms with Gasteiger partial charge in [-0.15, -0.1) is 21.5 Å². The molecule has 0 radical (unpaired) electrons. The Morgan fingerprint density at radius 2 is 2.23 bits per heavy atom. The molecule has 3 heterocycles. The number of thiophene rings is 1. The fourth-order valence-corrected chi connectivity index (χ4v) is 5.99. The molecule has 0 spiro atoms. The van der Waals surface area contributed by atoms with E-state index in [0.29, 0.717) is 5.82 Å². The van der Waals surface area contributed by atoms with Crippen molar-refractivity contribution in [1.29, 1.82) is 0 Å². The zero-order chi connectivity index (χ0) is 21.3. The Morgan fingerprint density at radius 3 is 2.97 bits per heavy atom. The number of anilines is 1. The van der Waals surface area contributed by atoms with Gasteiger partial charge in [0, 0.05) is 32.5 Å². The first-order valence-corrected chi connectivity index (χ1v) is 12.7. The Bertz CT molecular complexity index is 1040. The van der Waals surface area contributed by atoms with Gasteiger partial charge in [0.05, 0.1) is 5.75 Å². The van der Waals surface area contributed by atoms with Crippen molar-refractivity contribution in [1.82, 2.24) is 19.7 Å². The lowest BCUT2D eigenvalue weighted by Gasteiger charge is -2.19. The number of amides is 1. The van der Waals surface area contributed by atoms with Crippen LogP contribution in [0, 0.1) is 5.92 Å². The molecule has 3 aromatic rings. The highest BCUT2D eigenvalue weighted by Crippen LogP contribution is 2.39. The van der Waals surface area contributed by atoms with E-state index in [9.17, 15) is 4.79 Å². The van der Waals surface area contributed by atoms with Gasteiger partial charge in [0.25, 0.3) is 0 Å². The van der Waals surface area contributed by atoms with Crippen LogP contribution in [-0.4, -0.2) is 31.4 Å². The predicted molar refractivity (Wildman–Crippen MR) is 126 cm³/mol. The number of thioether (sulfide) groups is 1. The fraction of sp³-hybridized carbons (Fsp3) is 0.429. The number of rotatable bonds is 6. The molecule has 0 aromatic carbocycles. The molecule has 0 fully saturated rings. The molecule has 3 aromatic heterocycles. The van der Waals surface area contributed by atoms with E-state index >= 15 is 0 Å². The molecule has 6 nitrogen and oxygen atoms in total. The second-order valence-corrected chi connectivity index (χ2v) is 10.7. The second-order valence-electron chi connectivity index (χ2n) is 7.87. The number of halogens is 1. The Kier molecular flexibility index (Phi) is 6.60. The van der Waals surface area contributed by atoms with Crippen LogP contribution in [0.25, 0.3) is 11.4 Å². The topological polar surface area (TPSA) is 72.7 Å². The lowest BCUT2D eigenvalue weighted by Crippen LogP contribution is -2.16. The summed E-state index contributed by atoms with van der Waals surface area (Å²) < 4.78 is 3.02. The quantitative estimate of drug-likeness (QED) is 0.441. The number of aromatic nitrogens is 4. The third kappa shape index (κ3) is 4.63. The van der Waals surface area contributed by atoms with Gasteiger partial charge >= 0.3 is 0 Å². The van der Waals surface area contributed by atoms with Crippen LogP contribution >= 0.6 is 39.0 Å². The Hall–Kier alpha value is -1.71. The van der Waals surface area contributed by atoms with Gasteiger partial charge in [-0.2, -0.15) is 0 Å². The number of carbonyl (C=O) groups excluding carboxylic acids is 1. The minimum atomic E-state index is -0.114. The number of hydrogen-bond donors (Lipinski definition) is 1. The van der Waals surface area contributed by atoms with E-state index in [1.807, 2.05) is 17.4 Å². The van der Waals surface area contributed by atoms with Gasteiger partial charge in [-0.05, 0) is 72.7 Å². The van der Waals surface area contributed by atoms with Crippen LogP contribution < -0.4 is 5.32 Å². The van der Waals surface area contributed by atoms with Crippen molar-refractivity contribution in [2.45, 2.75) is 51.2 Å². The minimum absolute atomic E-state index is 0.114. The molecule has 0 aliphatic heterocycles. The summed E-state index contributed by atoms with van der Waals surface area (Å²) >= 11 is 6.59. The molecular formula is C21H24BrN5OS2. The standard InChI is InChI=1S/C21H24BrN5OS2/c1-12(2)27-20(16-10-29-17-8-13(3)4-6-15(16)17)25-26-21(27)30-11-19(28)24-18-7-5-14(22)9-23-18/h5,7,9-10,12-13H,4,6,8,11H2,1-3H3,(H,23,24,28). The highest BCUT2D eigenvalue weighted by Gasteiger charge is 2.25. The molecule has 0 saturated carbocycles. The van der Waals surface area contributed by atoms with Crippen LogP contribution in [0.3, 0.4) is 0 Å². The lowest BCUT2D eigenvalue weighted by molar-refractivity contribution is -0.113. The van der Waals surface area contributed by atoms with Crippen LogP contribution in [0.5, 0.6) is 0 Å². The first-order chi connectivity index (χ1) is 14.4. The third-order valence-corrected chi connectivity index (χ3v) is 7.61. The molecule has 1 N–H and O–H groups in total. The maximum absolute atomic E-state index is 12.4. The third-order valence-electron chi connectivity index (χ3n) is 5.15. The maximum atomic E-state index is 12.4. The van der Waals surface area contributed by atoms with Crippen LogP contribution in [0.1, 0.15) is 43.7 Å². The van der Waals surface area contributed by atoms with Crippen LogP contribution in [0.15, 0.2) is 33.3 Å². The smallest absolute Gasteiger partial charge is 0.236 e. The Labute approximate surface area is 193 Å². The summed E-state index contributed by atoms with van der Waals surface area (Å²) in [6.07, 6.45) is 5.14. The molecule has 0 saturated heterocycles. The van der Waals surface area contributed by atoms with E-state index in [0.717, 1.165) is 34.2 Å². The molecule has 30 heavy (non-hydrogen) atoms. The van der Waals surface area contributed by atoms with Crippen molar-refractivity contribution < 1.29 is 4.79 Å². The summed E-state index contributed by atoms with van der Waals surface area (Å²) in [7, 11) is 0. The zero-order valence-electron chi connectivity index (χ0n) is 17.2. The monoisotopic (exact) mass is 505 g/mol. The van der Waals surface area contributed by atoms with Crippen molar-refractivity contribution in [2.75, 3.05) is 11.1 Å². The normalized spacial score (nSPS) is 16.0. The molecule has 1 atom stereocenters. The van der Waals surface area contributed by atoms with Gasteiger partial charge in [-0.3, -0.25) is 9.36 Å². The zero-order valence-corrected chi connectivity index (χ0v) is 20.4. The molecule has 158 valence electrons. The summed E-state index contributed by atoms with van der Waals surface area (Å²) in [5, 5.41) is 14.8. The summed E-state index contributed by atoms with van der Waals surface area (Å²) in [5.41, 5.74) is 2.64. The first kappa shape index (κ1) is 21.5. The van der Waals surface area contributed by atoms with E-state index in [4.69, 9.17) is 0 Å². The number of fused-ring (bicyclic) bond motifs is 1. The van der Waals surface area contributed by atoms with Crippen molar-refractivity contribution in [3.8, 4) is 11.4 Å². The average molecular weight is 506 g/mol. The van der Waals surface area contributed by atoms with Crippen LogP contribution in [0.2, 0.25) is 0 Å². The largest absolute Gasteiger partial charge is 0.310 e. The lowest BCUT2D eigenvalue weighted by atomic mass is 9.88. The Morgan fingerprint density at radius 1 is 1.40 bits per heavy atom. The van der Waals surface area contributed by atoms with Crippen molar-refractivity contribution in [3.63, 3.8) is 0 Å². The molecule has 1 aliphatic rings. The molecular weight excluding hydrogens is 482 g/mol. The van der Waals surface area contributed by atoms with Crippen LogP contribution in [-0.2, 0) is 17.6 Å². The van der Waals surface area contributed by atoms with Gasteiger partial charge in [-0.25, -0.2) is 4.98 Å². The number of nitrogens with zero attached hydrogens (tertiary/aromatic N) is 4. The van der Waals surface area contributed by atoms with Gasteiger partial charge in [0.2, 0.25) is 5.91 Å². The van der Waals surface area contributed by atoms with Gasteiger partial charge in [0.1, 0.15) is 5.82 Å². The summed E-state index contributed by atoms with van der Waals surface area (Å²) in [6.45, 7) is 6.58. The molecule has 1 amide bonds. The highest BCUT2D eigenvalue weighted by molar-refractivity contribution is 9.10. The fourth-order valence-electron chi connectivity index (χ4n) is 3.65. The molecule has 9 heteroatoms. The molecule has 0 bridgehead atoms. The van der Waals surface area contributed by atoms with E-state index in [2.05, 4.69) is 67.1 Å². The minimum Gasteiger partial charge on any atom is -0.310 e. The summed E-state index contributed by atoms with van der Waals surface area (Å²) in [5.74, 6) is 2.33. The van der Waals surface area contributed by atoms with Crippen molar-refractivity contribution in [3.05, 3.63) is 38.6 Å². The highest BCUT2D eigenvalue weighted by atomic mass is 79.9. The van der Waals surface area contributed by atoms with Gasteiger partial charge in [-0.1, -0.05) is 18.7 Å². The molecule has 1 aliphatic carbocycles. The predicted octanol–water partition coefficient (Wildman–Crippen LogP) is 5.60. The molecule has 1 unspecified atom stereocenters. The van der Waals surface area contributed by atoms with Crippen molar-refractivity contribution in [2.24, 2.45) is 5.92 Å². The number of pyridine rings is 1. The Balaban J connectivity index is 1.51. The van der Waals surface area contributed by atoms with E-state index in [1.54, 1.807) is 12.3 Å². The first-order valence-electron chi connectivity index (χ1n) is 10.0. The van der Waals surface area contributed by atoms with Gasteiger partial charge in [0.15, 0.2) is 11.0 Å². The SMILES string of the molecule is CC1CCc2c(-c3nnc(SCC(=O)Nc4ccc(Br)cn4)n3C(C)C)csc2C1. The molecule has 4 rings (SSSR count). The van der Waals surface area contributed by atoms with Crippen molar-refractivity contribution >= 4 is 50.8 Å². The average Bonchev–Trinajstić information content (AvgIpc) is 3.31. The number of nitrogens with one attached hydrogen (secondary N) is 1. The number of hydrogen-bond acceptors (Lipinski definition) is 6. The maximum Gasteiger partial charge on any atom is 0.236 e. The van der Waals surface area contributed by atoms with Crippen LogP contribution in [0.4, 0.5) is 5.82 Å². The number of carbonyl (C=O) groups is 1. The second kappa shape index (κ2) is 9.20. The van der Waals surface area contributed by atoms with E-state index in [-0.39, 0.29) is 17.7 Å². The van der Waals surface area contributed by atoms with Gasteiger partial charge < -0.3 is 5.32 Å².